The van der Waals surface area contributed by atoms with Crippen molar-refractivity contribution in [2.75, 3.05) is 18.5 Å². The summed E-state index contributed by atoms with van der Waals surface area (Å²) in [5, 5.41) is 13.6. The minimum atomic E-state index is -0.934. The average Bonchev–Trinajstić information content (AvgIpc) is 2.39. The number of hydrogen-bond acceptors (Lipinski definition) is 2. The summed E-state index contributed by atoms with van der Waals surface area (Å²) < 4.78 is 26.9. The molecule has 3 N–H and O–H groups in total. The second kappa shape index (κ2) is 7.56. The van der Waals surface area contributed by atoms with Crippen molar-refractivity contribution in [2.45, 2.75) is 26.7 Å². The Morgan fingerprint density at radius 2 is 1.90 bits per heavy atom. The first-order chi connectivity index (χ1) is 9.75. The smallest absolute Gasteiger partial charge is 0.319 e. The Morgan fingerprint density at radius 1 is 1.33 bits per heavy atom. The molecule has 1 rings (SSSR count). The van der Waals surface area contributed by atoms with Crippen LogP contribution in [0, 0.1) is 17.0 Å². The van der Waals surface area contributed by atoms with Crippen molar-refractivity contribution in [3.63, 3.8) is 0 Å². The number of halogens is 3. The van der Waals surface area contributed by atoms with Crippen molar-refractivity contribution in [1.29, 1.82) is 0 Å². The van der Waals surface area contributed by atoms with Gasteiger partial charge in [0.25, 0.3) is 0 Å². The lowest BCUT2D eigenvalue weighted by Crippen LogP contribution is -2.31. The van der Waals surface area contributed by atoms with Crippen molar-refractivity contribution in [2.24, 2.45) is 5.41 Å². The molecular formula is C14H19ClF2N2O2. The SMILES string of the molecule is CC(C)(CO)CCCNC(=O)Nc1c(F)cc(Cl)cc1F. The third-order valence-corrected chi connectivity index (χ3v) is 3.21. The maximum atomic E-state index is 13.5. The fourth-order valence-corrected chi connectivity index (χ4v) is 1.86. The van der Waals surface area contributed by atoms with Crippen LogP contribution in [0.5, 0.6) is 0 Å². The number of carbonyl (C=O) groups excluding carboxylic acids is 1. The molecule has 0 radical (unpaired) electrons. The van der Waals surface area contributed by atoms with Gasteiger partial charge in [0.15, 0.2) is 11.6 Å². The third-order valence-electron chi connectivity index (χ3n) is 2.99. The summed E-state index contributed by atoms with van der Waals surface area (Å²) in [6, 6.07) is 1.14. The second-order valence-corrected chi connectivity index (χ2v) is 5.99. The molecule has 0 aromatic heterocycles. The number of aliphatic hydroxyl groups is 1. The maximum Gasteiger partial charge on any atom is 0.319 e. The van der Waals surface area contributed by atoms with Crippen LogP contribution in [0.25, 0.3) is 0 Å². The third kappa shape index (κ3) is 5.85. The number of carbonyl (C=O) groups is 1. The largest absolute Gasteiger partial charge is 0.396 e. The van der Waals surface area contributed by atoms with Crippen LogP contribution in [0.4, 0.5) is 19.3 Å². The normalized spacial score (nSPS) is 11.3. The first-order valence-corrected chi connectivity index (χ1v) is 6.93. The number of rotatable bonds is 6. The molecule has 0 atom stereocenters. The maximum absolute atomic E-state index is 13.5. The predicted octanol–water partition coefficient (Wildman–Crippen LogP) is 3.54. The van der Waals surface area contributed by atoms with Gasteiger partial charge in [-0.25, -0.2) is 13.6 Å². The van der Waals surface area contributed by atoms with Crippen LogP contribution in [0.1, 0.15) is 26.7 Å². The molecule has 0 unspecified atom stereocenters. The summed E-state index contributed by atoms with van der Waals surface area (Å²) in [6.07, 6.45) is 1.36. The Labute approximate surface area is 127 Å². The van der Waals surface area contributed by atoms with Gasteiger partial charge in [0.05, 0.1) is 0 Å². The number of benzene rings is 1. The highest BCUT2D eigenvalue weighted by molar-refractivity contribution is 6.30. The molecule has 0 saturated carbocycles. The van der Waals surface area contributed by atoms with E-state index < -0.39 is 23.4 Å². The van der Waals surface area contributed by atoms with Gasteiger partial charge in [-0.2, -0.15) is 0 Å². The van der Waals surface area contributed by atoms with E-state index >= 15 is 0 Å². The number of aliphatic hydroxyl groups excluding tert-OH is 1. The molecule has 0 saturated heterocycles. The predicted molar refractivity (Wildman–Crippen MR) is 78.5 cm³/mol. The highest BCUT2D eigenvalue weighted by atomic mass is 35.5. The van der Waals surface area contributed by atoms with Crippen molar-refractivity contribution in [3.05, 3.63) is 28.8 Å². The van der Waals surface area contributed by atoms with Gasteiger partial charge in [0.1, 0.15) is 5.69 Å². The minimum absolute atomic E-state index is 0.0559. The van der Waals surface area contributed by atoms with Crippen LogP contribution >= 0.6 is 11.6 Å². The molecule has 21 heavy (non-hydrogen) atoms. The standard InChI is InChI=1S/C14H19ClF2N2O2/c1-14(2,8-20)4-3-5-18-13(21)19-12-10(16)6-9(15)7-11(12)17/h6-7,20H,3-5,8H2,1-2H3,(H2,18,19,21). The highest BCUT2D eigenvalue weighted by Crippen LogP contribution is 2.23. The van der Waals surface area contributed by atoms with Gasteiger partial charge in [0, 0.05) is 18.2 Å². The molecule has 1 aromatic carbocycles. The molecule has 0 aliphatic carbocycles. The van der Waals surface area contributed by atoms with Crippen molar-refractivity contribution in [3.8, 4) is 0 Å². The van der Waals surface area contributed by atoms with E-state index in [9.17, 15) is 13.6 Å². The second-order valence-electron chi connectivity index (χ2n) is 5.55. The lowest BCUT2D eigenvalue weighted by molar-refractivity contribution is 0.148. The van der Waals surface area contributed by atoms with Crippen LogP contribution in [-0.2, 0) is 0 Å². The van der Waals surface area contributed by atoms with Gasteiger partial charge in [-0.1, -0.05) is 25.4 Å². The van der Waals surface area contributed by atoms with Crippen molar-refractivity contribution < 1.29 is 18.7 Å². The van der Waals surface area contributed by atoms with E-state index in [1.54, 1.807) is 0 Å². The zero-order valence-electron chi connectivity index (χ0n) is 12.0. The summed E-state index contributed by atoms with van der Waals surface area (Å²) in [6.45, 7) is 4.21. The number of hydrogen-bond donors (Lipinski definition) is 3. The number of nitrogens with one attached hydrogen (secondary N) is 2. The summed E-state index contributed by atoms with van der Waals surface area (Å²) in [5.41, 5.74) is -0.750. The van der Waals surface area contributed by atoms with E-state index in [1.165, 1.54) is 0 Å². The Kier molecular flexibility index (Phi) is 6.36. The molecule has 0 fully saturated rings. The Bertz CT molecular complexity index is 487. The highest BCUT2D eigenvalue weighted by Gasteiger charge is 2.16. The van der Waals surface area contributed by atoms with Crippen LogP contribution in [0.15, 0.2) is 12.1 Å². The van der Waals surface area contributed by atoms with E-state index in [-0.39, 0.29) is 17.0 Å². The van der Waals surface area contributed by atoms with E-state index in [1.807, 2.05) is 13.8 Å². The monoisotopic (exact) mass is 320 g/mol. The first-order valence-electron chi connectivity index (χ1n) is 6.55. The van der Waals surface area contributed by atoms with E-state index in [0.717, 1.165) is 12.1 Å². The molecule has 1 aromatic rings. The van der Waals surface area contributed by atoms with Crippen LogP contribution in [-0.4, -0.2) is 24.3 Å². The zero-order valence-corrected chi connectivity index (χ0v) is 12.7. The van der Waals surface area contributed by atoms with E-state index in [4.69, 9.17) is 16.7 Å². The van der Waals surface area contributed by atoms with Gasteiger partial charge < -0.3 is 15.7 Å². The Balaban J connectivity index is 2.45. The summed E-state index contributed by atoms with van der Waals surface area (Å²) in [7, 11) is 0. The molecule has 4 nitrogen and oxygen atoms in total. The molecule has 0 aliphatic heterocycles. The Hall–Kier alpha value is -1.40. The molecule has 0 heterocycles. The molecule has 0 aliphatic rings. The number of urea groups is 1. The summed E-state index contributed by atoms with van der Waals surface area (Å²) >= 11 is 5.49. The molecular weight excluding hydrogens is 302 g/mol. The molecule has 0 bridgehead atoms. The molecule has 118 valence electrons. The average molecular weight is 321 g/mol. The van der Waals surface area contributed by atoms with Gasteiger partial charge in [-0.15, -0.1) is 0 Å². The topological polar surface area (TPSA) is 61.4 Å². The van der Waals surface area contributed by atoms with Gasteiger partial charge in [-0.05, 0) is 30.4 Å². The van der Waals surface area contributed by atoms with E-state index in [2.05, 4.69) is 10.6 Å². The Morgan fingerprint density at radius 3 is 2.43 bits per heavy atom. The number of amides is 2. The van der Waals surface area contributed by atoms with Crippen molar-refractivity contribution in [1.82, 2.24) is 5.32 Å². The molecule has 0 spiro atoms. The van der Waals surface area contributed by atoms with Crippen LogP contribution in [0.3, 0.4) is 0 Å². The van der Waals surface area contributed by atoms with E-state index in [0.29, 0.717) is 19.4 Å². The lowest BCUT2D eigenvalue weighted by Gasteiger charge is -2.21. The first kappa shape index (κ1) is 17.7. The summed E-state index contributed by atoms with van der Waals surface area (Å²) in [4.78, 5) is 11.6. The van der Waals surface area contributed by atoms with Crippen LogP contribution in [0.2, 0.25) is 5.02 Å². The molecule has 7 heteroatoms. The summed E-state index contributed by atoms with van der Waals surface area (Å²) in [5.74, 6) is -1.87. The van der Waals surface area contributed by atoms with Crippen LogP contribution < -0.4 is 10.6 Å². The van der Waals surface area contributed by atoms with Gasteiger partial charge in [0.2, 0.25) is 0 Å². The molecule has 2 amide bonds. The number of anilines is 1. The van der Waals surface area contributed by atoms with Crippen molar-refractivity contribution >= 4 is 23.3 Å². The van der Waals surface area contributed by atoms with Gasteiger partial charge in [-0.3, -0.25) is 0 Å². The fourth-order valence-electron chi connectivity index (χ4n) is 1.67. The van der Waals surface area contributed by atoms with Gasteiger partial charge >= 0.3 is 6.03 Å². The fraction of sp³-hybridized carbons (Fsp3) is 0.500. The lowest BCUT2D eigenvalue weighted by atomic mass is 9.89. The zero-order chi connectivity index (χ0) is 16.0. The minimum Gasteiger partial charge on any atom is -0.396 e. The quantitative estimate of drug-likeness (QED) is 0.702.